The van der Waals surface area contributed by atoms with Crippen molar-refractivity contribution in [2.24, 2.45) is 0 Å². The summed E-state index contributed by atoms with van der Waals surface area (Å²) in [5.41, 5.74) is 2.79. The van der Waals surface area contributed by atoms with Gasteiger partial charge in [-0.15, -0.1) is 0 Å². The first-order chi connectivity index (χ1) is 19.5. The van der Waals surface area contributed by atoms with E-state index in [0.29, 0.717) is 50.1 Å². The molecule has 1 saturated heterocycles. The Morgan fingerprint density at radius 3 is 2.34 bits per heavy atom. The van der Waals surface area contributed by atoms with Crippen LogP contribution in [-0.4, -0.2) is 63.9 Å². The number of halogens is 3. The fraction of sp³-hybridized carbons (Fsp3) is 0.379. The Morgan fingerprint density at radius 2 is 1.73 bits per heavy atom. The summed E-state index contributed by atoms with van der Waals surface area (Å²) in [6, 6.07) is 10.8. The zero-order valence-electron chi connectivity index (χ0n) is 23.3. The van der Waals surface area contributed by atoms with E-state index in [1.165, 1.54) is 0 Å². The maximum atomic E-state index is 13.3. The van der Waals surface area contributed by atoms with Gasteiger partial charge in [-0.25, -0.2) is 14.5 Å². The third kappa shape index (κ3) is 6.23. The third-order valence-electron chi connectivity index (χ3n) is 7.44. The molecule has 2 aromatic rings. The number of aromatic amines is 1. The Kier molecular flexibility index (Phi) is 8.61. The van der Waals surface area contributed by atoms with Gasteiger partial charge < -0.3 is 10.2 Å². The molecule has 41 heavy (non-hydrogen) atoms. The largest absolute Gasteiger partial charge is 0.335 e. The topological polar surface area (TPSA) is 99.2 Å². The summed E-state index contributed by atoms with van der Waals surface area (Å²) >= 11 is 19.2. The van der Waals surface area contributed by atoms with E-state index < -0.39 is 0 Å². The predicted octanol–water partition coefficient (Wildman–Crippen LogP) is 5.97. The van der Waals surface area contributed by atoms with Crippen LogP contribution in [0.15, 0.2) is 41.2 Å². The monoisotopic (exact) mass is 615 g/mol. The molecule has 1 fully saturated rings. The minimum atomic E-state index is -0.383. The number of H-pyrrole nitrogens is 1. The van der Waals surface area contributed by atoms with Crippen molar-refractivity contribution in [1.82, 2.24) is 30.0 Å². The summed E-state index contributed by atoms with van der Waals surface area (Å²) < 4.78 is 1.62. The van der Waals surface area contributed by atoms with Crippen LogP contribution in [0.2, 0.25) is 15.1 Å². The van der Waals surface area contributed by atoms with Gasteiger partial charge in [0.25, 0.3) is 5.56 Å². The molecule has 2 amide bonds. The average Bonchev–Trinajstić information content (AvgIpc) is 3.29. The smallest absolute Gasteiger partial charge is 0.321 e. The Hall–Kier alpha value is -3.11. The molecule has 0 saturated carbocycles. The first kappa shape index (κ1) is 29.4. The van der Waals surface area contributed by atoms with Gasteiger partial charge in [0.15, 0.2) is 5.82 Å². The molecule has 0 atom stereocenters. The van der Waals surface area contributed by atoms with Crippen LogP contribution in [0.5, 0.6) is 0 Å². The summed E-state index contributed by atoms with van der Waals surface area (Å²) in [7, 11) is 3.85. The van der Waals surface area contributed by atoms with Gasteiger partial charge >= 0.3 is 6.03 Å². The van der Waals surface area contributed by atoms with Gasteiger partial charge in [-0.1, -0.05) is 60.8 Å². The molecule has 0 radical (unpaired) electrons. The molecule has 9 nitrogen and oxygen atoms in total. The molecule has 3 aliphatic rings. The van der Waals surface area contributed by atoms with Crippen LogP contribution >= 0.6 is 34.8 Å². The molecule has 2 N–H and O–H groups in total. The second-order valence-corrected chi connectivity index (χ2v) is 12.1. The number of nitrogens with zero attached hydrogens (tertiary/aromatic N) is 5. The Labute approximate surface area is 253 Å². The fourth-order valence-corrected chi connectivity index (χ4v) is 6.05. The molecule has 12 heteroatoms. The zero-order valence-corrected chi connectivity index (χ0v) is 25.6. The van der Waals surface area contributed by atoms with E-state index in [1.807, 2.05) is 38.1 Å². The van der Waals surface area contributed by atoms with E-state index in [2.05, 4.69) is 27.3 Å². The maximum absolute atomic E-state index is 13.3. The van der Waals surface area contributed by atoms with Crippen LogP contribution in [0.1, 0.15) is 49.7 Å². The Bertz CT molecular complexity index is 1570. The minimum absolute atomic E-state index is 0.00747. The number of piperidine rings is 1. The summed E-state index contributed by atoms with van der Waals surface area (Å²) in [5.74, 6) is 0.733. The normalized spacial score (nSPS) is 14.6. The lowest BCUT2D eigenvalue weighted by Crippen LogP contribution is -2.47. The highest BCUT2D eigenvalue weighted by Gasteiger charge is 2.27. The van der Waals surface area contributed by atoms with Crippen LogP contribution in [0.3, 0.4) is 0 Å². The SMILES string of the molecule is CC(C)c1[nH]n(-c2c(Cl)cc(Cl)cc2Cl)c2nc(Cc3ccc(N(C)C(=O)NC4CCN(C)CC4)cc3)nc(=O)c1-2. The minimum Gasteiger partial charge on any atom is -0.335 e. The molecule has 0 aliphatic carbocycles. The van der Waals surface area contributed by atoms with Crippen LogP contribution < -0.4 is 15.8 Å². The summed E-state index contributed by atoms with van der Waals surface area (Å²) in [6.45, 7) is 5.90. The standard InChI is InChI=1S/C29H32Cl3N7O2/c1-16(2)25-24-27(39(36-25)26-21(31)14-18(30)15-22(26)32)34-23(35-28(24)40)13-17-5-7-20(8-6-17)38(4)29(41)33-19-9-11-37(3)12-10-19/h5-8,14-16,19,36H,9-13H2,1-4H3,(H,33,41). The molecule has 3 aliphatic heterocycles. The van der Waals surface area contributed by atoms with Gasteiger partial charge in [0.05, 0.1) is 15.7 Å². The number of carbonyl (C=O) groups excluding carboxylic acids is 1. The number of hydrogen-bond acceptors (Lipinski definition) is 5. The molecule has 0 spiro atoms. The highest BCUT2D eigenvalue weighted by Crippen LogP contribution is 2.36. The quantitative estimate of drug-likeness (QED) is 0.278. The lowest BCUT2D eigenvalue weighted by molar-refractivity contribution is 0.218. The van der Waals surface area contributed by atoms with Gasteiger partial charge in [0, 0.05) is 30.2 Å². The van der Waals surface area contributed by atoms with Crippen molar-refractivity contribution in [3.63, 3.8) is 0 Å². The van der Waals surface area contributed by atoms with Crippen molar-refractivity contribution in [3.05, 3.63) is 78.9 Å². The molecule has 3 heterocycles. The molecule has 2 aromatic carbocycles. The van der Waals surface area contributed by atoms with Crippen LogP contribution in [0, 0.1) is 0 Å². The zero-order chi connectivity index (χ0) is 29.4. The average molecular weight is 617 g/mol. The molecule has 5 rings (SSSR count). The van der Waals surface area contributed by atoms with Crippen molar-refractivity contribution < 1.29 is 4.79 Å². The highest BCUT2D eigenvalue weighted by atomic mass is 35.5. The Morgan fingerprint density at radius 1 is 1.10 bits per heavy atom. The van der Waals surface area contributed by atoms with Crippen LogP contribution in [0.25, 0.3) is 17.1 Å². The first-order valence-electron chi connectivity index (χ1n) is 13.5. The molecule has 0 bridgehead atoms. The van der Waals surface area contributed by atoms with Crippen molar-refractivity contribution >= 4 is 46.5 Å². The van der Waals surface area contributed by atoms with Gasteiger partial charge in [-0.2, -0.15) is 4.98 Å². The number of anilines is 1. The second-order valence-electron chi connectivity index (χ2n) is 10.8. The number of likely N-dealkylation sites (tertiary alicyclic amines) is 1. The van der Waals surface area contributed by atoms with Gasteiger partial charge in [-0.3, -0.25) is 14.8 Å². The highest BCUT2D eigenvalue weighted by molar-refractivity contribution is 6.40. The number of carbonyl (C=O) groups is 1. The number of nitrogens with one attached hydrogen (secondary N) is 2. The number of rotatable bonds is 6. The van der Waals surface area contributed by atoms with E-state index in [0.717, 1.165) is 37.2 Å². The molecular weight excluding hydrogens is 585 g/mol. The van der Waals surface area contributed by atoms with Crippen LogP contribution in [0.4, 0.5) is 10.5 Å². The fourth-order valence-electron chi connectivity index (χ4n) is 5.07. The van der Waals surface area contributed by atoms with Crippen LogP contribution in [-0.2, 0) is 6.42 Å². The number of urea groups is 1. The maximum Gasteiger partial charge on any atom is 0.321 e. The number of fused-ring (bicyclic) bond motifs is 1. The van der Waals surface area contributed by atoms with E-state index in [1.54, 1.807) is 28.8 Å². The van der Waals surface area contributed by atoms with Crippen molar-refractivity contribution in [3.8, 4) is 17.1 Å². The van der Waals surface area contributed by atoms with Crippen molar-refractivity contribution in [1.29, 1.82) is 0 Å². The second kappa shape index (κ2) is 12.0. The first-order valence-corrected chi connectivity index (χ1v) is 14.6. The van der Waals surface area contributed by atoms with Gasteiger partial charge in [0.1, 0.15) is 17.1 Å². The van der Waals surface area contributed by atoms with Gasteiger partial charge in [0.2, 0.25) is 0 Å². The van der Waals surface area contributed by atoms with Crippen molar-refractivity contribution in [2.75, 3.05) is 32.1 Å². The Balaban J connectivity index is 1.40. The molecular formula is C29H32Cl3N7O2. The number of amides is 2. The molecule has 0 unspecified atom stereocenters. The van der Waals surface area contributed by atoms with Crippen molar-refractivity contribution in [2.45, 2.75) is 45.1 Å². The summed E-state index contributed by atoms with van der Waals surface area (Å²) in [6.07, 6.45) is 2.20. The summed E-state index contributed by atoms with van der Waals surface area (Å²) in [5, 5.41) is 7.42. The lowest BCUT2D eigenvalue weighted by Gasteiger charge is -2.30. The number of benzene rings is 2. The number of hydrogen-bond donors (Lipinski definition) is 2. The molecule has 216 valence electrons. The lowest BCUT2D eigenvalue weighted by atomic mass is 10.1. The van der Waals surface area contributed by atoms with Gasteiger partial charge in [-0.05, 0) is 68.7 Å². The van der Waals surface area contributed by atoms with E-state index >= 15 is 0 Å². The van der Waals surface area contributed by atoms with E-state index in [4.69, 9.17) is 39.8 Å². The van der Waals surface area contributed by atoms with E-state index in [9.17, 15) is 9.59 Å². The third-order valence-corrected chi connectivity index (χ3v) is 8.23. The number of aromatic nitrogens is 4. The predicted molar refractivity (Wildman–Crippen MR) is 164 cm³/mol. The summed E-state index contributed by atoms with van der Waals surface area (Å²) in [4.78, 5) is 39.0. The van der Waals surface area contributed by atoms with E-state index in [-0.39, 0.29) is 23.6 Å². The molecule has 0 aromatic heterocycles.